The summed E-state index contributed by atoms with van der Waals surface area (Å²) in [7, 11) is 0. The first-order chi connectivity index (χ1) is 9.13. The molecule has 1 aliphatic carbocycles. The second-order valence-electron chi connectivity index (χ2n) is 6.47. The molecule has 2 rings (SSSR count). The van der Waals surface area contributed by atoms with Crippen molar-refractivity contribution >= 4 is 0 Å². The molecule has 1 saturated carbocycles. The van der Waals surface area contributed by atoms with Crippen LogP contribution in [0.5, 0.6) is 0 Å². The zero-order valence-electron chi connectivity index (χ0n) is 12.7. The summed E-state index contributed by atoms with van der Waals surface area (Å²) in [5.74, 6) is 0. The van der Waals surface area contributed by atoms with Crippen LogP contribution in [-0.4, -0.2) is 6.10 Å². The number of benzene rings is 1. The first kappa shape index (κ1) is 14.6. The molecule has 19 heavy (non-hydrogen) atoms. The summed E-state index contributed by atoms with van der Waals surface area (Å²) in [4.78, 5) is 0. The molecule has 1 nitrogen and oxygen atoms in total. The van der Waals surface area contributed by atoms with Crippen LogP contribution in [0.15, 0.2) is 24.3 Å². The summed E-state index contributed by atoms with van der Waals surface area (Å²) < 4.78 is 6.15. The Balaban J connectivity index is 2.03. The van der Waals surface area contributed by atoms with Crippen LogP contribution in [0.25, 0.3) is 0 Å². The second-order valence-corrected chi connectivity index (χ2v) is 6.47. The van der Waals surface area contributed by atoms with Crippen LogP contribution >= 0.6 is 0 Å². The molecule has 0 atom stereocenters. The average Bonchev–Trinajstić information content (AvgIpc) is 2.46. The van der Waals surface area contributed by atoms with E-state index in [0.717, 1.165) is 13.0 Å². The Bertz CT molecular complexity index is 388. The van der Waals surface area contributed by atoms with Gasteiger partial charge in [-0.2, -0.15) is 0 Å². The molecule has 0 amide bonds. The predicted molar refractivity (Wildman–Crippen MR) is 81.4 cm³/mol. The van der Waals surface area contributed by atoms with E-state index in [9.17, 15) is 0 Å². The Morgan fingerprint density at radius 3 is 2.47 bits per heavy atom. The monoisotopic (exact) mass is 260 g/mol. The predicted octanol–water partition coefficient (Wildman–Crippen LogP) is 5.22. The van der Waals surface area contributed by atoms with Gasteiger partial charge in [0.1, 0.15) is 0 Å². The highest BCUT2D eigenvalue weighted by Gasteiger charge is 2.22. The van der Waals surface area contributed by atoms with E-state index in [1.807, 2.05) is 0 Å². The molecule has 0 aliphatic heterocycles. The molecule has 1 aliphatic rings. The standard InChI is InChI=1S/C18H28O/c1-4-18(2,3)17-13-9-8-10-15(17)14-19-16-11-6-5-7-12-16/h8-10,13,16H,4-7,11-12,14H2,1-3H3. The highest BCUT2D eigenvalue weighted by atomic mass is 16.5. The molecule has 0 N–H and O–H groups in total. The van der Waals surface area contributed by atoms with Crippen molar-refractivity contribution in [3.8, 4) is 0 Å². The third kappa shape index (κ3) is 3.82. The maximum atomic E-state index is 6.15. The van der Waals surface area contributed by atoms with Gasteiger partial charge < -0.3 is 4.74 Å². The Hall–Kier alpha value is -0.820. The summed E-state index contributed by atoms with van der Waals surface area (Å²) in [6.07, 6.45) is 8.22. The fourth-order valence-corrected chi connectivity index (χ4v) is 2.94. The molecular weight excluding hydrogens is 232 g/mol. The third-order valence-corrected chi connectivity index (χ3v) is 4.66. The van der Waals surface area contributed by atoms with Crippen LogP contribution in [0.1, 0.15) is 70.4 Å². The van der Waals surface area contributed by atoms with Gasteiger partial charge in [0, 0.05) is 0 Å². The number of hydrogen-bond donors (Lipinski definition) is 0. The normalized spacial score (nSPS) is 17.6. The van der Waals surface area contributed by atoms with Crippen LogP contribution < -0.4 is 0 Å². The van der Waals surface area contributed by atoms with Gasteiger partial charge >= 0.3 is 0 Å². The summed E-state index contributed by atoms with van der Waals surface area (Å²) >= 11 is 0. The lowest BCUT2D eigenvalue weighted by atomic mass is 9.80. The maximum Gasteiger partial charge on any atom is 0.0723 e. The van der Waals surface area contributed by atoms with Gasteiger partial charge in [0.2, 0.25) is 0 Å². The molecule has 1 aromatic rings. The Labute approximate surface area is 118 Å². The van der Waals surface area contributed by atoms with Gasteiger partial charge in [-0.3, -0.25) is 0 Å². The highest BCUT2D eigenvalue weighted by molar-refractivity contribution is 5.32. The fourth-order valence-electron chi connectivity index (χ4n) is 2.94. The van der Waals surface area contributed by atoms with Crippen LogP contribution in [0.4, 0.5) is 0 Å². The molecule has 0 bridgehead atoms. The van der Waals surface area contributed by atoms with E-state index in [-0.39, 0.29) is 5.41 Å². The minimum Gasteiger partial charge on any atom is -0.374 e. The number of ether oxygens (including phenoxy) is 1. The quantitative estimate of drug-likeness (QED) is 0.705. The van der Waals surface area contributed by atoms with Crippen LogP contribution in [0.3, 0.4) is 0 Å². The second kappa shape index (κ2) is 6.56. The molecule has 1 fully saturated rings. The Kier molecular flexibility index (Phi) is 5.04. The van der Waals surface area contributed by atoms with Gasteiger partial charge in [-0.05, 0) is 35.8 Å². The van der Waals surface area contributed by atoms with Crippen molar-refractivity contribution in [1.29, 1.82) is 0 Å². The smallest absolute Gasteiger partial charge is 0.0723 e. The van der Waals surface area contributed by atoms with Gasteiger partial charge in [0.05, 0.1) is 12.7 Å². The lowest BCUT2D eigenvalue weighted by molar-refractivity contribution is 0.0162. The molecule has 0 heterocycles. The van der Waals surface area contributed by atoms with E-state index in [4.69, 9.17) is 4.74 Å². The molecule has 0 unspecified atom stereocenters. The van der Waals surface area contributed by atoms with Crippen molar-refractivity contribution in [3.63, 3.8) is 0 Å². The van der Waals surface area contributed by atoms with Gasteiger partial charge in [0.15, 0.2) is 0 Å². The highest BCUT2D eigenvalue weighted by Crippen LogP contribution is 2.30. The maximum absolute atomic E-state index is 6.15. The first-order valence-electron chi connectivity index (χ1n) is 7.83. The SMILES string of the molecule is CCC(C)(C)c1ccccc1COC1CCCCC1. The third-order valence-electron chi connectivity index (χ3n) is 4.66. The van der Waals surface area contributed by atoms with Crippen molar-refractivity contribution in [2.75, 3.05) is 0 Å². The Morgan fingerprint density at radius 1 is 1.11 bits per heavy atom. The van der Waals surface area contributed by atoms with Crippen LogP contribution in [0, 0.1) is 0 Å². The fraction of sp³-hybridized carbons (Fsp3) is 0.667. The van der Waals surface area contributed by atoms with Gasteiger partial charge in [-0.15, -0.1) is 0 Å². The molecule has 0 radical (unpaired) electrons. The largest absolute Gasteiger partial charge is 0.374 e. The lowest BCUT2D eigenvalue weighted by Crippen LogP contribution is -2.20. The molecular formula is C18H28O. The van der Waals surface area contributed by atoms with E-state index in [2.05, 4.69) is 45.0 Å². The summed E-state index contributed by atoms with van der Waals surface area (Å²) in [5, 5.41) is 0. The first-order valence-corrected chi connectivity index (χ1v) is 7.83. The molecule has 0 spiro atoms. The van der Waals surface area contributed by atoms with Gasteiger partial charge in [-0.25, -0.2) is 0 Å². The molecule has 106 valence electrons. The molecule has 1 heteroatoms. The topological polar surface area (TPSA) is 9.23 Å². The lowest BCUT2D eigenvalue weighted by Gasteiger charge is -2.28. The molecule has 0 aromatic heterocycles. The zero-order chi connectivity index (χ0) is 13.7. The van der Waals surface area contributed by atoms with E-state index >= 15 is 0 Å². The average molecular weight is 260 g/mol. The van der Waals surface area contributed by atoms with E-state index in [0.29, 0.717) is 6.10 Å². The molecule has 0 saturated heterocycles. The number of hydrogen-bond acceptors (Lipinski definition) is 1. The van der Waals surface area contributed by atoms with E-state index in [1.54, 1.807) is 0 Å². The zero-order valence-corrected chi connectivity index (χ0v) is 12.7. The van der Waals surface area contributed by atoms with Gasteiger partial charge in [-0.1, -0.05) is 64.3 Å². The van der Waals surface area contributed by atoms with Crippen LogP contribution in [0.2, 0.25) is 0 Å². The summed E-state index contributed by atoms with van der Waals surface area (Å²) in [5.41, 5.74) is 3.07. The number of rotatable bonds is 5. The summed E-state index contributed by atoms with van der Waals surface area (Å²) in [6.45, 7) is 7.70. The van der Waals surface area contributed by atoms with Crippen LogP contribution in [-0.2, 0) is 16.8 Å². The summed E-state index contributed by atoms with van der Waals surface area (Å²) in [6, 6.07) is 8.78. The molecule has 1 aromatic carbocycles. The minimum absolute atomic E-state index is 0.243. The van der Waals surface area contributed by atoms with Crippen molar-refractivity contribution in [3.05, 3.63) is 35.4 Å². The van der Waals surface area contributed by atoms with E-state index < -0.39 is 0 Å². The van der Waals surface area contributed by atoms with E-state index in [1.165, 1.54) is 43.2 Å². The Morgan fingerprint density at radius 2 is 1.79 bits per heavy atom. The van der Waals surface area contributed by atoms with Crippen molar-refractivity contribution in [2.24, 2.45) is 0 Å². The van der Waals surface area contributed by atoms with Gasteiger partial charge in [0.25, 0.3) is 0 Å². The van der Waals surface area contributed by atoms with Crippen molar-refractivity contribution in [1.82, 2.24) is 0 Å². The van der Waals surface area contributed by atoms with Crippen molar-refractivity contribution < 1.29 is 4.74 Å². The minimum atomic E-state index is 0.243. The van der Waals surface area contributed by atoms with Crippen molar-refractivity contribution in [2.45, 2.75) is 77.4 Å².